The van der Waals surface area contributed by atoms with E-state index in [1.54, 1.807) is 62.7 Å². The minimum atomic E-state index is -3.66. The van der Waals surface area contributed by atoms with Gasteiger partial charge < -0.3 is 20.3 Å². The molecular formula is C28H29ClN4O6S2. The number of aromatic nitrogens is 1. The van der Waals surface area contributed by atoms with Crippen LogP contribution < -0.4 is 20.1 Å². The van der Waals surface area contributed by atoms with Crippen molar-refractivity contribution in [2.24, 2.45) is 0 Å². The molecule has 1 unspecified atom stereocenters. The van der Waals surface area contributed by atoms with Crippen molar-refractivity contribution in [3.8, 4) is 22.1 Å². The molecule has 2 atom stereocenters. The Morgan fingerprint density at radius 3 is 2.49 bits per heavy atom. The van der Waals surface area contributed by atoms with E-state index in [1.807, 2.05) is 5.38 Å². The number of thiazole rings is 1. The summed E-state index contributed by atoms with van der Waals surface area (Å²) in [5.41, 5.74) is 0.730. The number of carbonyl (C=O) groups is 1. The lowest BCUT2D eigenvalue weighted by Gasteiger charge is -2.31. The summed E-state index contributed by atoms with van der Waals surface area (Å²) in [6.45, 7) is 1.58. The number of amides is 1. The average Bonchev–Trinajstić information content (AvgIpc) is 3.47. The van der Waals surface area contributed by atoms with Crippen molar-refractivity contribution in [2.75, 3.05) is 29.9 Å². The molecule has 3 aromatic carbocycles. The molecule has 0 saturated heterocycles. The average molecular weight is 617 g/mol. The van der Waals surface area contributed by atoms with E-state index in [0.717, 1.165) is 16.8 Å². The number of nitrogens with zero attached hydrogens (tertiary/aromatic N) is 1. The molecule has 0 radical (unpaired) electrons. The van der Waals surface area contributed by atoms with E-state index in [2.05, 4.69) is 20.3 Å². The van der Waals surface area contributed by atoms with E-state index in [0.29, 0.717) is 27.6 Å². The molecule has 1 heterocycles. The van der Waals surface area contributed by atoms with Crippen molar-refractivity contribution in [1.29, 1.82) is 0 Å². The first-order chi connectivity index (χ1) is 19.4. The summed E-state index contributed by atoms with van der Waals surface area (Å²) in [5.74, 6) is -0.101. The second kappa shape index (κ2) is 12.5. The zero-order valence-corrected chi connectivity index (χ0v) is 24.8. The zero-order chi connectivity index (χ0) is 29.8. The van der Waals surface area contributed by atoms with Gasteiger partial charge in [0, 0.05) is 29.4 Å². The number of anilines is 2. The number of aromatic hydroxyl groups is 1. The Balaban J connectivity index is 1.59. The number of hydrogen-bond acceptors (Lipinski definition) is 9. The van der Waals surface area contributed by atoms with E-state index in [9.17, 15) is 23.4 Å². The van der Waals surface area contributed by atoms with Crippen molar-refractivity contribution in [1.82, 2.24) is 10.3 Å². The van der Waals surface area contributed by atoms with Crippen LogP contribution >= 0.6 is 22.9 Å². The highest BCUT2D eigenvalue weighted by atomic mass is 35.5. The SMILES string of the molecule is COc1ccc(C(C)(NC[C@@H](O)c2ccc(O)c(NS(C)(=O)=O)c2)C(=O)Nc2ccc(-c3nccs3)c(Cl)c2)cc1. The number of sulfonamides is 1. The highest BCUT2D eigenvalue weighted by Crippen LogP contribution is 2.33. The summed E-state index contributed by atoms with van der Waals surface area (Å²) in [6, 6.07) is 16.2. The van der Waals surface area contributed by atoms with Crippen LogP contribution in [0.15, 0.2) is 72.2 Å². The highest BCUT2D eigenvalue weighted by Gasteiger charge is 2.36. The molecule has 0 bridgehead atoms. The van der Waals surface area contributed by atoms with Gasteiger partial charge in [0.05, 0.1) is 30.2 Å². The summed E-state index contributed by atoms with van der Waals surface area (Å²) in [4.78, 5) is 18.0. The molecule has 0 saturated carbocycles. The van der Waals surface area contributed by atoms with Crippen molar-refractivity contribution in [3.63, 3.8) is 0 Å². The molecule has 1 aromatic heterocycles. The molecule has 0 aliphatic heterocycles. The monoisotopic (exact) mass is 616 g/mol. The third kappa shape index (κ3) is 7.34. The third-order valence-electron chi connectivity index (χ3n) is 6.36. The van der Waals surface area contributed by atoms with Gasteiger partial charge in [-0.05, 0) is 60.5 Å². The molecule has 0 aliphatic carbocycles. The molecule has 1 amide bonds. The standard InChI is InChI=1S/C28H29ClN4O6S2/c1-28(18-5-8-20(39-2)9-6-18,27(36)32-19-7-10-21(22(29)15-19)26-30-12-13-40-26)31-16-25(35)17-4-11-24(34)23(14-17)33-41(3,37)38/h4-15,25,31,33-35H,16H2,1-3H3,(H,32,36)/t25-,28?/m1/s1. The third-order valence-corrected chi connectivity index (χ3v) is 8.07. The van der Waals surface area contributed by atoms with E-state index in [1.165, 1.54) is 29.5 Å². The van der Waals surface area contributed by atoms with Gasteiger partial charge in [0.2, 0.25) is 15.9 Å². The molecule has 4 aromatic rings. The molecule has 216 valence electrons. The van der Waals surface area contributed by atoms with Crippen LogP contribution in [0.25, 0.3) is 10.6 Å². The number of hydrogen-bond donors (Lipinski definition) is 5. The number of phenolic OH excluding ortho intramolecular Hbond substituents is 1. The maximum absolute atomic E-state index is 13.8. The van der Waals surface area contributed by atoms with E-state index < -0.39 is 27.6 Å². The zero-order valence-electron chi connectivity index (χ0n) is 22.4. The molecule has 10 nitrogen and oxygen atoms in total. The molecular weight excluding hydrogens is 588 g/mol. The fraction of sp³-hybridized carbons (Fsp3) is 0.214. The molecule has 13 heteroatoms. The first-order valence-electron chi connectivity index (χ1n) is 12.3. The minimum absolute atomic E-state index is 0.0715. The number of aliphatic hydroxyl groups is 1. The number of phenols is 1. The number of methoxy groups -OCH3 is 1. The highest BCUT2D eigenvalue weighted by molar-refractivity contribution is 7.92. The van der Waals surface area contributed by atoms with Gasteiger partial charge in [0.15, 0.2) is 0 Å². The topological polar surface area (TPSA) is 150 Å². The van der Waals surface area contributed by atoms with Crippen LogP contribution in [0.2, 0.25) is 5.02 Å². The first kappa shape index (κ1) is 30.3. The van der Waals surface area contributed by atoms with E-state index >= 15 is 0 Å². The Hall–Kier alpha value is -3.68. The van der Waals surface area contributed by atoms with Crippen molar-refractivity contribution in [2.45, 2.75) is 18.6 Å². The lowest BCUT2D eigenvalue weighted by molar-refractivity contribution is -0.122. The second-order valence-electron chi connectivity index (χ2n) is 9.39. The van der Waals surface area contributed by atoms with Crippen LogP contribution in [-0.2, 0) is 20.4 Å². The van der Waals surface area contributed by atoms with Crippen molar-refractivity contribution < 1.29 is 28.2 Å². The Morgan fingerprint density at radius 2 is 1.88 bits per heavy atom. The smallest absolute Gasteiger partial charge is 0.249 e. The Bertz CT molecular complexity index is 1630. The molecule has 0 aliphatic rings. The van der Waals surface area contributed by atoms with Gasteiger partial charge in [-0.2, -0.15) is 0 Å². The lowest BCUT2D eigenvalue weighted by Crippen LogP contribution is -2.50. The second-order valence-corrected chi connectivity index (χ2v) is 12.4. The van der Waals surface area contributed by atoms with Crippen LogP contribution in [0.3, 0.4) is 0 Å². The predicted molar refractivity (Wildman–Crippen MR) is 161 cm³/mol. The van der Waals surface area contributed by atoms with E-state index in [4.69, 9.17) is 16.3 Å². The summed E-state index contributed by atoms with van der Waals surface area (Å²) in [5, 5.41) is 30.1. The summed E-state index contributed by atoms with van der Waals surface area (Å²) in [6.07, 6.45) is 1.48. The predicted octanol–water partition coefficient (Wildman–Crippen LogP) is 4.73. The lowest BCUT2D eigenvalue weighted by atomic mass is 9.90. The largest absolute Gasteiger partial charge is 0.506 e. The van der Waals surface area contributed by atoms with Gasteiger partial charge in [-0.15, -0.1) is 11.3 Å². The number of benzene rings is 3. The fourth-order valence-corrected chi connectivity index (χ4v) is 5.64. The molecule has 0 fully saturated rings. The van der Waals surface area contributed by atoms with Gasteiger partial charge in [-0.25, -0.2) is 13.4 Å². The van der Waals surface area contributed by atoms with Crippen LogP contribution in [0.4, 0.5) is 11.4 Å². The van der Waals surface area contributed by atoms with Crippen molar-refractivity contribution >= 4 is 50.2 Å². The van der Waals surface area contributed by atoms with Crippen LogP contribution in [0.1, 0.15) is 24.2 Å². The Labute approximate surface area is 247 Å². The summed E-state index contributed by atoms with van der Waals surface area (Å²) >= 11 is 7.95. The quantitative estimate of drug-likeness (QED) is 0.152. The van der Waals surface area contributed by atoms with Gasteiger partial charge in [0.1, 0.15) is 22.0 Å². The van der Waals surface area contributed by atoms with Gasteiger partial charge in [-0.1, -0.05) is 29.8 Å². The van der Waals surface area contributed by atoms with Crippen LogP contribution in [-0.4, -0.2) is 49.4 Å². The normalized spacial score (nSPS) is 13.7. The number of rotatable bonds is 11. The molecule has 4 rings (SSSR count). The number of ether oxygens (including phenoxy) is 1. The van der Waals surface area contributed by atoms with Gasteiger partial charge in [-0.3, -0.25) is 14.8 Å². The minimum Gasteiger partial charge on any atom is -0.506 e. The van der Waals surface area contributed by atoms with Crippen molar-refractivity contribution in [3.05, 3.63) is 88.4 Å². The molecule has 0 spiro atoms. The number of aliphatic hydroxyl groups excluding tert-OH is 1. The maximum atomic E-state index is 13.8. The fourth-order valence-electron chi connectivity index (χ4n) is 4.08. The Kier molecular flexibility index (Phi) is 9.20. The van der Waals surface area contributed by atoms with Gasteiger partial charge in [0.25, 0.3) is 0 Å². The first-order valence-corrected chi connectivity index (χ1v) is 15.4. The summed E-state index contributed by atoms with van der Waals surface area (Å²) < 4.78 is 30.8. The molecule has 5 N–H and O–H groups in total. The Morgan fingerprint density at radius 1 is 1.15 bits per heavy atom. The number of carbonyl (C=O) groups excluding carboxylic acids is 1. The summed E-state index contributed by atoms with van der Waals surface area (Å²) in [7, 11) is -2.12. The number of halogens is 1. The number of nitrogens with one attached hydrogen (secondary N) is 3. The van der Waals surface area contributed by atoms with Gasteiger partial charge >= 0.3 is 0 Å². The van der Waals surface area contributed by atoms with Crippen LogP contribution in [0, 0.1) is 0 Å². The van der Waals surface area contributed by atoms with Crippen LogP contribution in [0.5, 0.6) is 11.5 Å². The van der Waals surface area contributed by atoms with E-state index in [-0.39, 0.29) is 18.0 Å². The maximum Gasteiger partial charge on any atom is 0.249 e. The molecule has 41 heavy (non-hydrogen) atoms.